The molecule has 0 spiro atoms. The Morgan fingerprint density at radius 2 is 1.75 bits per heavy atom. The lowest BCUT2D eigenvalue weighted by molar-refractivity contribution is -0.129. The molecule has 0 bridgehead atoms. The van der Waals surface area contributed by atoms with E-state index in [2.05, 4.69) is 4.99 Å². The maximum atomic E-state index is 12.3. The number of esters is 1. The van der Waals surface area contributed by atoms with Gasteiger partial charge in [-0.3, -0.25) is 0 Å². The molecule has 0 amide bonds. The number of methoxy groups -OCH3 is 2. The Bertz CT molecular complexity index is 992. The third-order valence-corrected chi connectivity index (χ3v) is 4.42. The molecule has 8 heteroatoms. The molecule has 0 radical (unpaired) electrons. The fourth-order valence-electron chi connectivity index (χ4n) is 2.84. The Labute approximate surface area is 166 Å². The minimum atomic E-state index is -0.567. The number of halogens is 1. The second kappa shape index (κ2) is 7.44. The summed E-state index contributed by atoms with van der Waals surface area (Å²) in [4.78, 5) is 16.6. The standard InChI is InChI=1S/C20H16ClNO6/c1-24-13-8-12(9-14(10-13)25-2)19-22-16(20(23)28-19)6-11-5-15(21)18-17(7-11)26-3-4-27-18/h5-10H,3-4H2,1-2H3/b16-6+. The van der Waals surface area contributed by atoms with Crippen LogP contribution >= 0.6 is 11.6 Å². The van der Waals surface area contributed by atoms with Crippen molar-refractivity contribution in [2.24, 2.45) is 4.99 Å². The van der Waals surface area contributed by atoms with Gasteiger partial charge in [0.05, 0.1) is 19.2 Å². The largest absolute Gasteiger partial charge is 0.497 e. The predicted molar refractivity (Wildman–Crippen MR) is 103 cm³/mol. The van der Waals surface area contributed by atoms with E-state index >= 15 is 0 Å². The molecule has 0 saturated carbocycles. The van der Waals surface area contributed by atoms with Gasteiger partial charge in [-0.15, -0.1) is 0 Å². The molecule has 0 unspecified atom stereocenters. The Morgan fingerprint density at radius 3 is 2.46 bits per heavy atom. The van der Waals surface area contributed by atoms with E-state index in [1.54, 1.807) is 36.4 Å². The van der Waals surface area contributed by atoms with Gasteiger partial charge in [0, 0.05) is 11.6 Å². The molecular formula is C20H16ClNO6. The molecule has 2 heterocycles. The molecule has 0 atom stereocenters. The highest BCUT2D eigenvalue weighted by Gasteiger charge is 2.26. The fraction of sp³-hybridized carbons (Fsp3) is 0.200. The van der Waals surface area contributed by atoms with E-state index in [-0.39, 0.29) is 11.6 Å². The Balaban J connectivity index is 1.69. The third kappa shape index (κ3) is 3.48. The molecule has 2 aromatic carbocycles. The molecular weight excluding hydrogens is 386 g/mol. The second-order valence-electron chi connectivity index (χ2n) is 5.96. The van der Waals surface area contributed by atoms with E-state index in [1.165, 1.54) is 14.2 Å². The summed E-state index contributed by atoms with van der Waals surface area (Å²) in [5, 5.41) is 0.400. The van der Waals surface area contributed by atoms with Crippen molar-refractivity contribution >= 4 is 29.5 Å². The van der Waals surface area contributed by atoms with Gasteiger partial charge in [0.2, 0.25) is 5.90 Å². The van der Waals surface area contributed by atoms with E-state index < -0.39 is 5.97 Å². The van der Waals surface area contributed by atoms with Crippen LogP contribution in [-0.2, 0) is 9.53 Å². The van der Waals surface area contributed by atoms with E-state index in [1.807, 2.05) is 0 Å². The predicted octanol–water partition coefficient (Wildman–Crippen LogP) is 3.47. The van der Waals surface area contributed by atoms with Crippen LogP contribution in [-0.4, -0.2) is 39.3 Å². The Kier molecular flexibility index (Phi) is 4.83. The normalized spacial score (nSPS) is 16.6. The summed E-state index contributed by atoms with van der Waals surface area (Å²) in [6, 6.07) is 8.55. The smallest absolute Gasteiger partial charge is 0.363 e. The average molecular weight is 402 g/mol. The molecule has 0 N–H and O–H groups in total. The molecule has 7 nitrogen and oxygen atoms in total. The summed E-state index contributed by atoms with van der Waals surface area (Å²) < 4.78 is 26.9. The second-order valence-corrected chi connectivity index (χ2v) is 6.37. The number of nitrogens with zero attached hydrogens (tertiary/aromatic N) is 1. The third-order valence-electron chi connectivity index (χ3n) is 4.14. The number of carbonyl (C=O) groups is 1. The molecule has 0 fully saturated rings. The lowest BCUT2D eigenvalue weighted by Crippen LogP contribution is -2.15. The summed E-state index contributed by atoms with van der Waals surface area (Å²) in [6.45, 7) is 0.877. The first-order chi connectivity index (χ1) is 13.6. The summed E-state index contributed by atoms with van der Waals surface area (Å²) in [5.41, 5.74) is 1.35. The molecule has 0 saturated heterocycles. The van der Waals surface area contributed by atoms with E-state index in [4.69, 9.17) is 35.3 Å². The first-order valence-corrected chi connectivity index (χ1v) is 8.80. The highest BCUT2D eigenvalue weighted by Crippen LogP contribution is 2.39. The van der Waals surface area contributed by atoms with Gasteiger partial charge in [0.15, 0.2) is 17.2 Å². The molecule has 0 aliphatic carbocycles. The van der Waals surface area contributed by atoms with Gasteiger partial charge in [-0.1, -0.05) is 11.6 Å². The number of hydrogen-bond acceptors (Lipinski definition) is 7. The number of aliphatic imine (C=N–C) groups is 1. The summed E-state index contributed by atoms with van der Waals surface area (Å²) in [6.07, 6.45) is 1.58. The molecule has 0 aromatic heterocycles. The highest BCUT2D eigenvalue weighted by atomic mass is 35.5. The van der Waals surface area contributed by atoms with Crippen LogP contribution in [0.4, 0.5) is 0 Å². The number of fused-ring (bicyclic) bond motifs is 1. The monoisotopic (exact) mass is 401 g/mol. The molecule has 4 rings (SSSR count). The molecule has 2 aromatic rings. The topological polar surface area (TPSA) is 75.6 Å². The van der Waals surface area contributed by atoms with Gasteiger partial charge in [-0.05, 0) is 35.9 Å². The van der Waals surface area contributed by atoms with Crippen LogP contribution in [0.15, 0.2) is 41.0 Å². The summed E-state index contributed by atoms with van der Waals surface area (Å²) >= 11 is 6.25. The SMILES string of the molecule is COc1cc(OC)cc(C2=N/C(=C/c3cc(Cl)c4c(c3)OCCO4)C(=O)O2)c1. The van der Waals surface area contributed by atoms with Crippen molar-refractivity contribution in [2.75, 3.05) is 27.4 Å². The van der Waals surface area contributed by atoms with Crippen molar-refractivity contribution in [3.05, 3.63) is 52.2 Å². The zero-order valence-corrected chi connectivity index (χ0v) is 15.9. The number of ether oxygens (including phenoxy) is 5. The van der Waals surface area contributed by atoms with Crippen LogP contribution in [0.5, 0.6) is 23.0 Å². The van der Waals surface area contributed by atoms with E-state index in [0.29, 0.717) is 52.4 Å². The van der Waals surface area contributed by atoms with Gasteiger partial charge >= 0.3 is 5.97 Å². The van der Waals surface area contributed by atoms with Crippen molar-refractivity contribution in [2.45, 2.75) is 0 Å². The van der Waals surface area contributed by atoms with Gasteiger partial charge < -0.3 is 23.7 Å². The lowest BCUT2D eigenvalue weighted by atomic mass is 10.1. The first-order valence-electron chi connectivity index (χ1n) is 8.42. The van der Waals surface area contributed by atoms with Gasteiger partial charge in [-0.2, -0.15) is 0 Å². The van der Waals surface area contributed by atoms with Crippen LogP contribution in [0.2, 0.25) is 5.02 Å². The zero-order valence-electron chi connectivity index (χ0n) is 15.2. The number of cyclic esters (lactones) is 1. The lowest BCUT2D eigenvalue weighted by Gasteiger charge is -2.19. The number of carbonyl (C=O) groups excluding carboxylic acids is 1. The molecule has 2 aliphatic rings. The maximum Gasteiger partial charge on any atom is 0.363 e. The Hall–Kier alpha value is -3.19. The van der Waals surface area contributed by atoms with E-state index in [9.17, 15) is 4.79 Å². The average Bonchev–Trinajstić information content (AvgIpc) is 3.08. The van der Waals surface area contributed by atoms with Gasteiger partial charge in [0.25, 0.3) is 0 Å². The number of rotatable bonds is 4. The minimum absolute atomic E-state index is 0.143. The highest BCUT2D eigenvalue weighted by molar-refractivity contribution is 6.32. The summed E-state index contributed by atoms with van der Waals surface area (Å²) in [7, 11) is 3.08. The zero-order chi connectivity index (χ0) is 19.7. The minimum Gasteiger partial charge on any atom is -0.497 e. The van der Waals surface area contributed by atoms with E-state index in [0.717, 1.165) is 0 Å². The Morgan fingerprint density at radius 1 is 1.04 bits per heavy atom. The molecule has 28 heavy (non-hydrogen) atoms. The quantitative estimate of drug-likeness (QED) is 0.576. The van der Waals surface area contributed by atoms with Crippen LogP contribution in [0, 0.1) is 0 Å². The summed E-state index contributed by atoms with van der Waals surface area (Å²) in [5.74, 6) is 1.74. The van der Waals surface area contributed by atoms with Crippen LogP contribution in [0.25, 0.3) is 6.08 Å². The van der Waals surface area contributed by atoms with Crippen LogP contribution in [0.3, 0.4) is 0 Å². The van der Waals surface area contributed by atoms with Crippen molar-refractivity contribution < 1.29 is 28.5 Å². The van der Waals surface area contributed by atoms with Crippen LogP contribution < -0.4 is 18.9 Å². The van der Waals surface area contributed by atoms with Crippen LogP contribution in [0.1, 0.15) is 11.1 Å². The molecule has 2 aliphatic heterocycles. The van der Waals surface area contributed by atoms with Crippen molar-refractivity contribution in [3.8, 4) is 23.0 Å². The van der Waals surface area contributed by atoms with Gasteiger partial charge in [-0.25, -0.2) is 9.79 Å². The fourth-order valence-corrected chi connectivity index (χ4v) is 3.11. The number of hydrogen-bond donors (Lipinski definition) is 0. The maximum absolute atomic E-state index is 12.3. The van der Waals surface area contributed by atoms with Crippen molar-refractivity contribution in [1.29, 1.82) is 0 Å². The van der Waals surface area contributed by atoms with Crippen molar-refractivity contribution in [1.82, 2.24) is 0 Å². The van der Waals surface area contributed by atoms with Crippen molar-refractivity contribution in [3.63, 3.8) is 0 Å². The number of benzene rings is 2. The molecule has 144 valence electrons. The first kappa shape index (κ1) is 18.2. The van der Waals surface area contributed by atoms with Gasteiger partial charge in [0.1, 0.15) is 24.7 Å².